The van der Waals surface area contributed by atoms with Crippen LogP contribution in [0.5, 0.6) is 0 Å². The largest absolute Gasteiger partial charge is 0.455 e. The maximum atomic E-state index is 6.97. The molecule has 0 unspecified atom stereocenters. The molecule has 0 aliphatic heterocycles. The van der Waals surface area contributed by atoms with Gasteiger partial charge in [-0.05, 0) is 97.9 Å². The number of anilines is 3. The van der Waals surface area contributed by atoms with E-state index in [1.807, 2.05) is 0 Å². The van der Waals surface area contributed by atoms with Gasteiger partial charge in [0.1, 0.15) is 11.2 Å². The van der Waals surface area contributed by atoms with Crippen molar-refractivity contribution in [3.8, 4) is 55.6 Å². The molecular weight excluding hydrogens is 727 g/mol. The second kappa shape index (κ2) is 15.1. The van der Waals surface area contributed by atoms with Crippen LogP contribution in [0.1, 0.15) is 0 Å². The molecule has 0 atom stereocenters. The summed E-state index contributed by atoms with van der Waals surface area (Å²) in [6.45, 7) is 0. The van der Waals surface area contributed by atoms with Gasteiger partial charge in [-0.3, -0.25) is 0 Å². The van der Waals surface area contributed by atoms with Crippen LogP contribution in [-0.4, -0.2) is 0 Å². The molecule has 11 rings (SSSR count). The lowest BCUT2D eigenvalue weighted by molar-refractivity contribution is 0.673. The Balaban J connectivity index is 1.19. The quantitative estimate of drug-likeness (QED) is 0.153. The van der Waals surface area contributed by atoms with E-state index in [-0.39, 0.29) is 0 Å². The summed E-state index contributed by atoms with van der Waals surface area (Å²) in [5.41, 5.74) is 16.6. The molecule has 282 valence electrons. The summed E-state index contributed by atoms with van der Waals surface area (Å²) >= 11 is 0. The zero-order valence-electron chi connectivity index (χ0n) is 32.9. The van der Waals surface area contributed by atoms with Crippen molar-refractivity contribution < 1.29 is 4.42 Å². The SMILES string of the molecule is c1ccc(-c2ccc(-c3c(N(c4ccc(-c5ccccc5)cc4)c4ccc(-c5ccccc5)cc4)ccc4oc5c6ccccc6c(-c6ccccc6)cc5c34)cc2)cc1. The fourth-order valence-electron chi connectivity index (χ4n) is 8.77. The summed E-state index contributed by atoms with van der Waals surface area (Å²) in [6.07, 6.45) is 0. The number of rotatable bonds is 8. The minimum Gasteiger partial charge on any atom is -0.455 e. The van der Waals surface area contributed by atoms with Crippen LogP contribution < -0.4 is 4.90 Å². The van der Waals surface area contributed by atoms with Crippen molar-refractivity contribution in [1.29, 1.82) is 0 Å². The first-order chi connectivity index (χ1) is 29.8. The highest BCUT2D eigenvalue weighted by Crippen LogP contribution is 2.49. The van der Waals surface area contributed by atoms with Gasteiger partial charge < -0.3 is 9.32 Å². The predicted octanol–water partition coefficient (Wildman–Crippen LogP) is 16.5. The molecule has 11 aromatic rings. The first-order valence-electron chi connectivity index (χ1n) is 20.5. The van der Waals surface area contributed by atoms with E-state index in [0.717, 1.165) is 55.5 Å². The second-order valence-electron chi connectivity index (χ2n) is 15.3. The zero-order valence-corrected chi connectivity index (χ0v) is 32.9. The minimum atomic E-state index is 0.852. The molecule has 0 aliphatic rings. The Kier molecular flexibility index (Phi) is 8.87. The average molecular weight is 766 g/mol. The van der Waals surface area contributed by atoms with Gasteiger partial charge in [-0.25, -0.2) is 0 Å². The first-order valence-corrected chi connectivity index (χ1v) is 20.5. The van der Waals surface area contributed by atoms with Gasteiger partial charge >= 0.3 is 0 Å². The lowest BCUT2D eigenvalue weighted by Crippen LogP contribution is -2.11. The van der Waals surface area contributed by atoms with Crippen LogP contribution in [0.3, 0.4) is 0 Å². The average Bonchev–Trinajstić information content (AvgIpc) is 3.72. The van der Waals surface area contributed by atoms with Crippen molar-refractivity contribution in [2.75, 3.05) is 4.90 Å². The van der Waals surface area contributed by atoms with Crippen molar-refractivity contribution in [2.24, 2.45) is 0 Å². The maximum absolute atomic E-state index is 6.97. The molecule has 0 aliphatic carbocycles. The fourth-order valence-corrected chi connectivity index (χ4v) is 8.77. The third kappa shape index (κ3) is 6.32. The molecule has 10 aromatic carbocycles. The minimum absolute atomic E-state index is 0.852. The van der Waals surface area contributed by atoms with Gasteiger partial charge in [0.25, 0.3) is 0 Å². The van der Waals surface area contributed by atoms with Gasteiger partial charge in [-0.15, -0.1) is 0 Å². The first kappa shape index (κ1) is 35.2. The maximum Gasteiger partial charge on any atom is 0.143 e. The van der Waals surface area contributed by atoms with Crippen molar-refractivity contribution >= 4 is 49.8 Å². The number of hydrogen-bond acceptors (Lipinski definition) is 2. The summed E-state index contributed by atoms with van der Waals surface area (Å²) in [6, 6.07) is 84.8. The Morgan fingerprint density at radius 3 is 1.20 bits per heavy atom. The van der Waals surface area contributed by atoms with Gasteiger partial charge in [0.2, 0.25) is 0 Å². The molecule has 60 heavy (non-hydrogen) atoms. The van der Waals surface area contributed by atoms with Gasteiger partial charge in [0, 0.05) is 33.1 Å². The van der Waals surface area contributed by atoms with E-state index >= 15 is 0 Å². The van der Waals surface area contributed by atoms with Crippen molar-refractivity contribution in [3.05, 3.63) is 237 Å². The monoisotopic (exact) mass is 765 g/mol. The molecule has 0 amide bonds. The van der Waals surface area contributed by atoms with Crippen LogP contribution in [0.15, 0.2) is 241 Å². The molecule has 1 aromatic heterocycles. The molecule has 0 spiro atoms. The molecule has 0 fully saturated rings. The fraction of sp³-hybridized carbons (Fsp3) is 0. The Morgan fingerprint density at radius 1 is 0.300 bits per heavy atom. The Hall–Kier alpha value is -7.94. The smallest absolute Gasteiger partial charge is 0.143 e. The summed E-state index contributed by atoms with van der Waals surface area (Å²) < 4.78 is 6.97. The third-order valence-electron chi connectivity index (χ3n) is 11.7. The molecule has 2 nitrogen and oxygen atoms in total. The lowest BCUT2D eigenvalue weighted by Gasteiger charge is -2.29. The van der Waals surface area contributed by atoms with Gasteiger partial charge in [-0.2, -0.15) is 0 Å². The van der Waals surface area contributed by atoms with E-state index < -0.39 is 0 Å². The van der Waals surface area contributed by atoms with Crippen molar-refractivity contribution in [3.63, 3.8) is 0 Å². The normalized spacial score (nSPS) is 11.3. The molecule has 1 heterocycles. The highest BCUT2D eigenvalue weighted by molar-refractivity contribution is 6.24. The van der Waals surface area contributed by atoms with Crippen LogP contribution in [0, 0.1) is 0 Å². The van der Waals surface area contributed by atoms with Crippen LogP contribution in [0.4, 0.5) is 17.1 Å². The molecule has 2 heteroatoms. The van der Waals surface area contributed by atoms with E-state index in [2.05, 4.69) is 241 Å². The van der Waals surface area contributed by atoms with Crippen LogP contribution in [0.2, 0.25) is 0 Å². The number of nitrogens with zero attached hydrogens (tertiary/aromatic N) is 1. The molecule has 0 N–H and O–H groups in total. The van der Waals surface area contributed by atoms with Crippen LogP contribution in [0.25, 0.3) is 88.3 Å². The predicted molar refractivity (Wildman–Crippen MR) is 253 cm³/mol. The number of furan rings is 1. The Labute approximate surface area is 349 Å². The summed E-state index contributed by atoms with van der Waals surface area (Å²) in [5.74, 6) is 0. The van der Waals surface area contributed by atoms with E-state index in [0.29, 0.717) is 0 Å². The Bertz CT molecular complexity index is 3160. The standard InChI is InChI=1S/C58H39NO/c1-5-15-40(16-6-1)43-25-27-47(28-26-43)56-54(37-38-55-57(56)53-39-52(46-21-11-4-12-22-46)50-23-13-14-24-51(50)58(53)60-55)59(48-33-29-44(30-34-48)41-17-7-2-8-18-41)49-35-31-45(32-36-49)42-19-9-3-10-20-42/h1-39H. The van der Waals surface area contributed by atoms with Gasteiger partial charge in [0.05, 0.1) is 5.69 Å². The molecule has 0 bridgehead atoms. The van der Waals surface area contributed by atoms with E-state index in [4.69, 9.17) is 4.42 Å². The highest BCUT2D eigenvalue weighted by Gasteiger charge is 2.24. The lowest BCUT2D eigenvalue weighted by atomic mass is 9.91. The van der Waals surface area contributed by atoms with E-state index in [1.165, 1.54) is 49.9 Å². The molecule has 0 saturated carbocycles. The highest BCUT2D eigenvalue weighted by atomic mass is 16.3. The van der Waals surface area contributed by atoms with Gasteiger partial charge in [-0.1, -0.05) is 194 Å². The second-order valence-corrected chi connectivity index (χ2v) is 15.3. The van der Waals surface area contributed by atoms with Crippen molar-refractivity contribution in [1.82, 2.24) is 0 Å². The summed E-state index contributed by atoms with van der Waals surface area (Å²) in [4.78, 5) is 2.40. The van der Waals surface area contributed by atoms with Gasteiger partial charge in [0.15, 0.2) is 0 Å². The van der Waals surface area contributed by atoms with Crippen LogP contribution >= 0.6 is 0 Å². The van der Waals surface area contributed by atoms with Crippen molar-refractivity contribution in [2.45, 2.75) is 0 Å². The van der Waals surface area contributed by atoms with E-state index in [1.54, 1.807) is 0 Å². The van der Waals surface area contributed by atoms with E-state index in [9.17, 15) is 0 Å². The Morgan fingerprint density at radius 2 is 0.700 bits per heavy atom. The van der Waals surface area contributed by atoms with Crippen LogP contribution in [-0.2, 0) is 0 Å². The molecule has 0 radical (unpaired) electrons. The molecule has 0 saturated heterocycles. The topological polar surface area (TPSA) is 16.4 Å². The zero-order chi connectivity index (χ0) is 39.8. The number of benzene rings is 10. The number of fused-ring (bicyclic) bond motifs is 5. The summed E-state index contributed by atoms with van der Waals surface area (Å²) in [7, 11) is 0. The third-order valence-corrected chi connectivity index (χ3v) is 11.7. The number of hydrogen-bond donors (Lipinski definition) is 0. The molecular formula is C58H39NO. The summed E-state index contributed by atoms with van der Waals surface area (Å²) in [5, 5.41) is 4.44.